The molecule has 0 aromatic heterocycles. The number of hydrogen-bond acceptors (Lipinski definition) is 8. The number of hydrogen-bond donors (Lipinski definition) is 0. The maximum Gasteiger partial charge on any atom is 0.203 e. The van der Waals surface area contributed by atoms with Crippen LogP contribution in [0.25, 0.3) is 0 Å². The molecule has 1 fully saturated rings. The molecule has 8 nitrogen and oxygen atoms in total. The molecule has 0 radical (unpaired) electrons. The van der Waals surface area contributed by atoms with E-state index >= 15 is 0 Å². The molecule has 1 saturated heterocycles. The molecule has 2 atom stereocenters. The molecule has 158 valence electrons. The highest BCUT2D eigenvalue weighted by Gasteiger charge is 2.31. The van der Waals surface area contributed by atoms with Gasteiger partial charge in [0, 0.05) is 5.56 Å². The van der Waals surface area contributed by atoms with Crippen molar-refractivity contribution in [2.75, 3.05) is 49.3 Å². The Bertz CT molecular complexity index is 731. The van der Waals surface area contributed by atoms with Gasteiger partial charge in [-0.05, 0) is 29.8 Å². The third-order valence-electron chi connectivity index (χ3n) is 4.70. The highest BCUT2D eigenvalue weighted by Crippen LogP contribution is 2.45. The SMILES string of the molecule is COc1cc([C@@H]2OC[C@@H](c3cc(OC)c(OC)c(OC)c3)O2)cc(OC)c1OC. The Morgan fingerprint density at radius 2 is 1.03 bits per heavy atom. The maximum absolute atomic E-state index is 6.15. The third-order valence-corrected chi connectivity index (χ3v) is 4.70. The van der Waals surface area contributed by atoms with Crippen molar-refractivity contribution in [1.29, 1.82) is 0 Å². The average molecular weight is 406 g/mol. The van der Waals surface area contributed by atoms with Gasteiger partial charge in [-0.3, -0.25) is 0 Å². The molecule has 0 bridgehead atoms. The molecule has 3 rings (SSSR count). The number of methoxy groups -OCH3 is 6. The van der Waals surface area contributed by atoms with E-state index in [0.29, 0.717) is 41.1 Å². The van der Waals surface area contributed by atoms with Gasteiger partial charge in [0.15, 0.2) is 29.3 Å². The second-order valence-electron chi connectivity index (χ2n) is 6.21. The molecule has 0 N–H and O–H groups in total. The highest BCUT2D eigenvalue weighted by atomic mass is 16.7. The van der Waals surface area contributed by atoms with Gasteiger partial charge in [-0.25, -0.2) is 0 Å². The second kappa shape index (κ2) is 9.11. The lowest BCUT2D eigenvalue weighted by Crippen LogP contribution is -2.04. The largest absolute Gasteiger partial charge is 0.493 e. The van der Waals surface area contributed by atoms with Crippen LogP contribution in [0.4, 0.5) is 0 Å². The van der Waals surface area contributed by atoms with Gasteiger partial charge in [0.2, 0.25) is 11.5 Å². The molecule has 2 aromatic carbocycles. The van der Waals surface area contributed by atoms with Crippen LogP contribution in [0.5, 0.6) is 34.5 Å². The van der Waals surface area contributed by atoms with Gasteiger partial charge in [-0.15, -0.1) is 0 Å². The van der Waals surface area contributed by atoms with Crippen LogP contribution in [0.15, 0.2) is 24.3 Å². The molecule has 0 saturated carbocycles. The summed E-state index contributed by atoms with van der Waals surface area (Å²) in [6.45, 7) is 0.361. The first-order chi connectivity index (χ1) is 14.1. The summed E-state index contributed by atoms with van der Waals surface area (Å²) in [5, 5.41) is 0. The maximum atomic E-state index is 6.15. The van der Waals surface area contributed by atoms with Crippen LogP contribution in [0, 0.1) is 0 Å². The monoisotopic (exact) mass is 406 g/mol. The zero-order valence-electron chi connectivity index (χ0n) is 17.4. The summed E-state index contributed by atoms with van der Waals surface area (Å²) < 4.78 is 44.5. The van der Waals surface area contributed by atoms with Gasteiger partial charge in [0.25, 0.3) is 0 Å². The Morgan fingerprint density at radius 3 is 1.41 bits per heavy atom. The van der Waals surface area contributed by atoms with Crippen LogP contribution in [0.3, 0.4) is 0 Å². The van der Waals surface area contributed by atoms with Crippen LogP contribution in [0.2, 0.25) is 0 Å². The summed E-state index contributed by atoms with van der Waals surface area (Å²) in [4.78, 5) is 0. The van der Waals surface area contributed by atoms with E-state index in [0.717, 1.165) is 11.1 Å². The van der Waals surface area contributed by atoms with Crippen molar-refractivity contribution >= 4 is 0 Å². The van der Waals surface area contributed by atoms with Crippen molar-refractivity contribution in [1.82, 2.24) is 0 Å². The molecule has 1 heterocycles. The van der Waals surface area contributed by atoms with E-state index < -0.39 is 6.29 Å². The van der Waals surface area contributed by atoms with Gasteiger partial charge in [-0.2, -0.15) is 0 Å². The minimum Gasteiger partial charge on any atom is -0.493 e. The van der Waals surface area contributed by atoms with E-state index in [-0.39, 0.29) is 6.10 Å². The number of ether oxygens (including phenoxy) is 8. The number of rotatable bonds is 8. The van der Waals surface area contributed by atoms with Crippen LogP contribution in [0.1, 0.15) is 23.5 Å². The van der Waals surface area contributed by atoms with Gasteiger partial charge < -0.3 is 37.9 Å². The zero-order chi connectivity index (χ0) is 21.0. The Hall–Kier alpha value is -2.84. The van der Waals surface area contributed by atoms with Crippen LogP contribution >= 0.6 is 0 Å². The molecular formula is C21H26O8. The average Bonchev–Trinajstić information content (AvgIpc) is 3.27. The Labute approximate surface area is 170 Å². The fourth-order valence-corrected chi connectivity index (χ4v) is 3.28. The first kappa shape index (κ1) is 20.9. The third kappa shape index (κ3) is 3.99. The molecule has 2 aromatic rings. The summed E-state index contributed by atoms with van der Waals surface area (Å²) in [5.74, 6) is 3.22. The highest BCUT2D eigenvalue weighted by molar-refractivity contribution is 5.55. The first-order valence-electron chi connectivity index (χ1n) is 8.97. The van der Waals surface area contributed by atoms with Crippen molar-refractivity contribution in [3.8, 4) is 34.5 Å². The van der Waals surface area contributed by atoms with Crippen molar-refractivity contribution < 1.29 is 37.9 Å². The minimum absolute atomic E-state index is 0.312. The van der Waals surface area contributed by atoms with Crippen molar-refractivity contribution in [3.05, 3.63) is 35.4 Å². The van der Waals surface area contributed by atoms with Gasteiger partial charge >= 0.3 is 0 Å². The fourth-order valence-electron chi connectivity index (χ4n) is 3.28. The van der Waals surface area contributed by atoms with Gasteiger partial charge in [0.05, 0.1) is 49.3 Å². The molecule has 0 amide bonds. The summed E-state index contributed by atoms with van der Waals surface area (Å²) in [7, 11) is 9.41. The molecule has 8 heteroatoms. The van der Waals surface area contributed by atoms with Crippen LogP contribution in [-0.4, -0.2) is 49.3 Å². The van der Waals surface area contributed by atoms with Crippen molar-refractivity contribution in [2.45, 2.75) is 12.4 Å². The predicted molar refractivity (Wildman–Crippen MR) is 105 cm³/mol. The van der Waals surface area contributed by atoms with E-state index in [2.05, 4.69) is 0 Å². The lowest BCUT2D eigenvalue weighted by atomic mass is 10.1. The molecule has 29 heavy (non-hydrogen) atoms. The molecule has 1 aliphatic heterocycles. The molecule has 0 aliphatic carbocycles. The van der Waals surface area contributed by atoms with E-state index in [1.54, 1.807) is 42.7 Å². The van der Waals surface area contributed by atoms with Crippen LogP contribution < -0.4 is 28.4 Å². The number of benzene rings is 2. The Kier molecular flexibility index (Phi) is 6.56. The zero-order valence-corrected chi connectivity index (χ0v) is 17.4. The Morgan fingerprint density at radius 1 is 0.621 bits per heavy atom. The lowest BCUT2D eigenvalue weighted by molar-refractivity contribution is -0.0610. The quantitative estimate of drug-likeness (QED) is 0.659. The molecular weight excluding hydrogens is 380 g/mol. The predicted octanol–water partition coefficient (Wildman–Crippen LogP) is 3.52. The molecule has 0 spiro atoms. The fraction of sp³-hybridized carbons (Fsp3) is 0.429. The minimum atomic E-state index is -0.590. The normalized spacial score (nSPS) is 18.3. The van der Waals surface area contributed by atoms with Crippen molar-refractivity contribution in [3.63, 3.8) is 0 Å². The summed E-state index contributed by atoms with van der Waals surface area (Å²) in [6.07, 6.45) is -0.902. The lowest BCUT2D eigenvalue weighted by Gasteiger charge is -2.18. The summed E-state index contributed by atoms with van der Waals surface area (Å²) in [6, 6.07) is 7.33. The summed E-state index contributed by atoms with van der Waals surface area (Å²) in [5.41, 5.74) is 1.61. The molecule has 0 unspecified atom stereocenters. The summed E-state index contributed by atoms with van der Waals surface area (Å²) >= 11 is 0. The van der Waals surface area contributed by atoms with E-state index in [1.165, 1.54) is 0 Å². The van der Waals surface area contributed by atoms with E-state index in [1.807, 2.05) is 24.3 Å². The second-order valence-corrected chi connectivity index (χ2v) is 6.21. The van der Waals surface area contributed by atoms with E-state index in [9.17, 15) is 0 Å². The van der Waals surface area contributed by atoms with E-state index in [4.69, 9.17) is 37.9 Å². The smallest absolute Gasteiger partial charge is 0.203 e. The van der Waals surface area contributed by atoms with Gasteiger partial charge in [-0.1, -0.05) is 0 Å². The van der Waals surface area contributed by atoms with Crippen LogP contribution in [-0.2, 0) is 9.47 Å². The molecule has 1 aliphatic rings. The Balaban J connectivity index is 1.89. The van der Waals surface area contributed by atoms with Gasteiger partial charge in [0.1, 0.15) is 6.10 Å². The topological polar surface area (TPSA) is 73.8 Å². The first-order valence-corrected chi connectivity index (χ1v) is 8.97. The van der Waals surface area contributed by atoms with Crippen molar-refractivity contribution in [2.24, 2.45) is 0 Å². The standard InChI is InChI=1S/C21H26O8/c1-22-14-7-12(8-15(23-2)19(14)26-5)18-11-28-21(29-18)13-9-16(24-3)20(27-6)17(10-13)25-4/h7-10,18,21H,11H2,1-6H3/t18-,21+/m0/s1.